The third-order valence-corrected chi connectivity index (χ3v) is 9.68. The molecule has 2 aliphatic rings. The van der Waals surface area contributed by atoms with Crippen molar-refractivity contribution in [2.24, 2.45) is 11.3 Å². The first-order valence-electron chi connectivity index (χ1n) is 13.0. The molecule has 1 amide bonds. The van der Waals surface area contributed by atoms with E-state index in [0.29, 0.717) is 22.9 Å². The number of aliphatic carboxylic acids is 1. The van der Waals surface area contributed by atoms with Gasteiger partial charge in [-0.25, -0.2) is 13.1 Å². The van der Waals surface area contributed by atoms with E-state index in [1.807, 2.05) is 30.3 Å². The van der Waals surface area contributed by atoms with Gasteiger partial charge in [0.15, 0.2) is 0 Å². The van der Waals surface area contributed by atoms with Crippen molar-refractivity contribution in [3.05, 3.63) is 69.7 Å². The fourth-order valence-electron chi connectivity index (χ4n) is 5.77. The topological polar surface area (TPSA) is 104 Å². The first kappa shape index (κ1) is 28.9. The molecular weight excluding hydrogens is 547 g/mol. The van der Waals surface area contributed by atoms with Gasteiger partial charge in [0.05, 0.1) is 23.6 Å². The average molecular weight is 582 g/mol. The third kappa shape index (κ3) is 6.53. The Balaban J connectivity index is 1.86. The lowest BCUT2D eigenvalue weighted by molar-refractivity contribution is -0.161. The highest BCUT2D eigenvalue weighted by Gasteiger charge is 2.54. The van der Waals surface area contributed by atoms with Crippen molar-refractivity contribution in [2.45, 2.75) is 64.0 Å². The summed E-state index contributed by atoms with van der Waals surface area (Å²) >= 11 is 12.6. The van der Waals surface area contributed by atoms with E-state index in [4.69, 9.17) is 23.2 Å². The van der Waals surface area contributed by atoms with Crippen LogP contribution < -0.4 is 4.72 Å². The second-order valence-corrected chi connectivity index (χ2v) is 13.6. The van der Waals surface area contributed by atoms with Gasteiger partial charge in [0.2, 0.25) is 15.9 Å². The number of halogens is 2. The Morgan fingerprint density at radius 2 is 1.82 bits per heavy atom. The van der Waals surface area contributed by atoms with Gasteiger partial charge in [-0.2, -0.15) is 0 Å². The summed E-state index contributed by atoms with van der Waals surface area (Å²) in [5.74, 6) is -1.48. The first-order chi connectivity index (χ1) is 17.9. The molecule has 38 heavy (non-hydrogen) atoms. The number of carbonyl (C=O) groups excluding carboxylic acids is 1. The third-order valence-electron chi connectivity index (χ3n) is 7.64. The molecular formula is C28H34Cl2N2O5S. The van der Waals surface area contributed by atoms with Crippen LogP contribution in [-0.2, 0) is 19.6 Å². The number of sulfonamides is 1. The number of hydrogen-bond acceptors (Lipinski definition) is 4. The van der Waals surface area contributed by atoms with Gasteiger partial charge in [0.1, 0.15) is 0 Å². The van der Waals surface area contributed by atoms with Crippen LogP contribution in [0.25, 0.3) is 0 Å². The van der Waals surface area contributed by atoms with Crippen LogP contribution in [0, 0.1) is 11.3 Å². The molecule has 7 nitrogen and oxygen atoms in total. The fraction of sp³-hybridized carbons (Fsp3) is 0.500. The van der Waals surface area contributed by atoms with Gasteiger partial charge in [0.25, 0.3) is 0 Å². The molecule has 206 valence electrons. The summed E-state index contributed by atoms with van der Waals surface area (Å²) in [5.41, 5.74) is 0.566. The Kier molecular flexibility index (Phi) is 8.77. The van der Waals surface area contributed by atoms with Gasteiger partial charge < -0.3 is 10.0 Å². The molecule has 10 heteroatoms. The van der Waals surface area contributed by atoms with Crippen molar-refractivity contribution < 1.29 is 23.1 Å². The zero-order valence-electron chi connectivity index (χ0n) is 21.6. The first-order valence-corrected chi connectivity index (χ1v) is 15.4. The molecule has 1 heterocycles. The summed E-state index contributed by atoms with van der Waals surface area (Å²) < 4.78 is 27.9. The minimum absolute atomic E-state index is 0.000808. The standard InChI is InChI=1S/C28H34Cl2N2O5S/c1-3-13-38(36,37)31-17-24(18-7-8-18)32-26(19-9-11-21(29)12-10-19)23(20-5-4-6-22(30)14-20)15-28(2,27(32)35)16-25(33)34/h4-6,9-12,14,18,23-24,26,31H,3,7-8,13,15-17H2,1-2H3,(H,33,34)/t23-,24-,26?,28-/m1/s1. The number of nitrogens with one attached hydrogen (secondary N) is 1. The van der Waals surface area contributed by atoms with E-state index >= 15 is 0 Å². The lowest BCUT2D eigenvalue weighted by Crippen LogP contribution is -2.59. The number of piperidine rings is 1. The second kappa shape index (κ2) is 11.5. The zero-order valence-corrected chi connectivity index (χ0v) is 23.9. The molecule has 2 N–H and O–H groups in total. The van der Waals surface area contributed by atoms with Gasteiger partial charge in [-0.1, -0.05) is 61.3 Å². The van der Waals surface area contributed by atoms with Crippen LogP contribution in [0.15, 0.2) is 48.5 Å². The highest BCUT2D eigenvalue weighted by atomic mass is 35.5. The Hall–Kier alpha value is -2.13. The second-order valence-electron chi connectivity index (χ2n) is 10.8. The molecule has 2 fully saturated rings. The van der Waals surface area contributed by atoms with Crippen LogP contribution in [0.3, 0.4) is 0 Å². The molecule has 1 aliphatic carbocycles. The van der Waals surface area contributed by atoms with E-state index in [9.17, 15) is 23.1 Å². The molecule has 4 atom stereocenters. The molecule has 2 aromatic rings. The van der Waals surface area contributed by atoms with Gasteiger partial charge >= 0.3 is 5.97 Å². The maximum atomic E-state index is 14.3. The van der Waals surface area contributed by atoms with Crippen LogP contribution >= 0.6 is 23.2 Å². The van der Waals surface area contributed by atoms with E-state index in [1.54, 1.807) is 36.9 Å². The Morgan fingerprint density at radius 3 is 2.39 bits per heavy atom. The summed E-state index contributed by atoms with van der Waals surface area (Å²) in [7, 11) is -3.51. The molecule has 0 spiro atoms. The highest BCUT2D eigenvalue weighted by Crippen LogP contribution is 2.54. The monoisotopic (exact) mass is 580 g/mol. The molecule has 1 saturated carbocycles. The number of amides is 1. The Morgan fingerprint density at radius 1 is 1.13 bits per heavy atom. The molecule has 0 radical (unpaired) electrons. The van der Waals surface area contributed by atoms with Crippen LogP contribution in [0.1, 0.15) is 69.0 Å². The van der Waals surface area contributed by atoms with Crippen molar-refractivity contribution in [2.75, 3.05) is 12.3 Å². The van der Waals surface area contributed by atoms with E-state index < -0.39 is 33.5 Å². The smallest absolute Gasteiger partial charge is 0.304 e. The van der Waals surface area contributed by atoms with Crippen LogP contribution in [0.5, 0.6) is 0 Å². The zero-order chi connectivity index (χ0) is 27.7. The minimum atomic E-state index is -3.51. The summed E-state index contributed by atoms with van der Waals surface area (Å²) in [6, 6.07) is 13.9. The molecule has 2 aromatic carbocycles. The van der Waals surface area contributed by atoms with Crippen LogP contribution in [-0.4, -0.2) is 48.6 Å². The SMILES string of the molecule is CCCS(=O)(=O)NC[C@H](C1CC1)N1C(=O)[C@@](C)(CC(=O)O)C[C@H](c2cccc(Cl)c2)C1c1ccc(Cl)cc1. The number of rotatable bonds is 11. The number of nitrogens with zero attached hydrogens (tertiary/aromatic N) is 1. The van der Waals surface area contributed by atoms with E-state index in [1.165, 1.54) is 0 Å². The lowest BCUT2D eigenvalue weighted by atomic mass is 9.67. The van der Waals surface area contributed by atoms with E-state index in [-0.39, 0.29) is 36.5 Å². The fourth-order valence-corrected chi connectivity index (χ4v) is 7.20. The largest absolute Gasteiger partial charge is 0.481 e. The van der Waals surface area contributed by atoms with E-state index in [0.717, 1.165) is 24.0 Å². The summed E-state index contributed by atoms with van der Waals surface area (Å²) in [6.07, 6.45) is 2.20. The summed E-state index contributed by atoms with van der Waals surface area (Å²) in [6.45, 7) is 3.58. The van der Waals surface area contributed by atoms with Crippen LogP contribution in [0.2, 0.25) is 10.0 Å². The lowest BCUT2D eigenvalue weighted by Gasteiger charge is -2.52. The van der Waals surface area contributed by atoms with E-state index in [2.05, 4.69) is 4.72 Å². The molecule has 0 bridgehead atoms. The number of likely N-dealkylation sites (tertiary alicyclic amines) is 1. The van der Waals surface area contributed by atoms with Crippen LogP contribution in [0.4, 0.5) is 0 Å². The number of carboxylic acids is 1. The number of hydrogen-bond donors (Lipinski definition) is 2. The molecule has 0 aromatic heterocycles. The molecule has 4 rings (SSSR count). The highest BCUT2D eigenvalue weighted by molar-refractivity contribution is 7.89. The van der Waals surface area contributed by atoms with Gasteiger partial charge in [-0.3, -0.25) is 9.59 Å². The average Bonchev–Trinajstić information content (AvgIpc) is 3.67. The van der Waals surface area contributed by atoms with Crippen molar-refractivity contribution in [1.82, 2.24) is 9.62 Å². The molecule has 1 saturated heterocycles. The predicted octanol–water partition coefficient (Wildman–Crippen LogP) is 5.64. The minimum Gasteiger partial charge on any atom is -0.481 e. The quantitative estimate of drug-likeness (QED) is 0.358. The molecule has 1 unspecified atom stereocenters. The number of carbonyl (C=O) groups is 2. The number of benzene rings is 2. The van der Waals surface area contributed by atoms with Crippen molar-refractivity contribution in [3.8, 4) is 0 Å². The van der Waals surface area contributed by atoms with Crippen molar-refractivity contribution in [3.63, 3.8) is 0 Å². The van der Waals surface area contributed by atoms with Crippen molar-refractivity contribution in [1.29, 1.82) is 0 Å². The summed E-state index contributed by atoms with van der Waals surface area (Å²) in [5, 5.41) is 10.9. The Bertz CT molecular complexity index is 1280. The van der Waals surface area contributed by atoms with Crippen molar-refractivity contribution >= 4 is 45.1 Å². The van der Waals surface area contributed by atoms with Gasteiger partial charge in [-0.05, 0) is 67.0 Å². The summed E-state index contributed by atoms with van der Waals surface area (Å²) in [4.78, 5) is 28.1. The molecule has 1 aliphatic heterocycles. The van der Waals surface area contributed by atoms with Gasteiger partial charge in [-0.15, -0.1) is 0 Å². The maximum absolute atomic E-state index is 14.3. The van der Waals surface area contributed by atoms with Gasteiger partial charge in [0, 0.05) is 28.5 Å². The maximum Gasteiger partial charge on any atom is 0.304 e. The normalized spacial score (nSPS) is 24.8. The Labute approximate surface area is 234 Å². The predicted molar refractivity (Wildman–Crippen MR) is 149 cm³/mol. The number of carboxylic acid groups (broad SMARTS) is 1.